The first kappa shape index (κ1) is 14.1. The standard InChI is InChI=1S/C16H22O3/c1-12(2)19-14-8-6-7-13(11-14)15(17)16(18-3)9-4-5-10-16/h6-8,11-12H,4-5,9-10H2,1-3H3. The zero-order chi connectivity index (χ0) is 13.9. The summed E-state index contributed by atoms with van der Waals surface area (Å²) in [4.78, 5) is 12.7. The summed E-state index contributed by atoms with van der Waals surface area (Å²) >= 11 is 0. The van der Waals surface area contributed by atoms with Gasteiger partial charge in [-0.15, -0.1) is 0 Å². The lowest BCUT2D eigenvalue weighted by atomic mass is 9.91. The van der Waals surface area contributed by atoms with Crippen LogP contribution in [0, 0.1) is 0 Å². The Hall–Kier alpha value is -1.35. The van der Waals surface area contributed by atoms with Gasteiger partial charge in [0.25, 0.3) is 0 Å². The monoisotopic (exact) mass is 262 g/mol. The first-order valence-electron chi connectivity index (χ1n) is 6.94. The van der Waals surface area contributed by atoms with E-state index in [9.17, 15) is 4.79 Å². The topological polar surface area (TPSA) is 35.5 Å². The van der Waals surface area contributed by atoms with Crippen LogP contribution in [-0.4, -0.2) is 24.6 Å². The zero-order valence-electron chi connectivity index (χ0n) is 11.9. The van der Waals surface area contributed by atoms with E-state index in [0.29, 0.717) is 5.56 Å². The molecule has 0 heterocycles. The van der Waals surface area contributed by atoms with E-state index in [1.807, 2.05) is 38.1 Å². The maximum atomic E-state index is 12.7. The van der Waals surface area contributed by atoms with Gasteiger partial charge in [-0.05, 0) is 51.7 Å². The molecule has 0 bridgehead atoms. The Morgan fingerprint density at radius 1 is 1.26 bits per heavy atom. The molecule has 0 spiro atoms. The quantitative estimate of drug-likeness (QED) is 0.760. The fourth-order valence-electron chi connectivity index (χ4n) is 2.72. The highest BCUT2D eigenvalue weighted by atomic mass is 16.5. The van der Waals surface area contributed by atoms with E-state index in [4.69, 9.17) is 9.47 Å². The molecule has 0 radical (unpaired) electrons. The molecule has 1 aliphatic rings. The summed E-state index contributed by atoms with van der Waals surface area (Å²) in [5.74, 6) is 0.826. The average Bonchev–Trinajstić information content (AvgIpc) is 2.87. The number of carbonyl (C=O) groups excluding carboxylic acids is 1. The molecule has 2 rings (SSSR count). The van der Waals surface area contributed by atoms with Gasteiger partial charge in [-0.1, -0.05) is 12.1 Å². The van der Waals surface area contributed by atoms with Gasteiger partial charge >= 0.3 is 0 Å². The van der Waals surface area contributed by atoms with Crippen LogP contribution in [0.25, 0.3) is 0 Å². The lowest BCUT2D eigenvalue weighted by molar-refractivity contribution is 0.00599. The number of ketones is 1. The summed E-state index contributed by atoms with van der Waals surface area (Å²) in [6.07, 6.45) is 3.85. The Morgan fingerprint density at radius 2 is 1.95 bits per heavy atom. The van der Waals surface area contributed by atoms with Gasteiger partial charge in [-0.2, -0.15) is 0 Å². The van der Waals surface area contributed by atoms with Gasteiger partial charge < -0.3 is 9.47 Å². The minimum absolute atomic E-state index is 0.0849. The van der Waals surface area contributed by atoms with Crippen LogP contribution in [0.2, 0.25) is 0 Å². The van der Waals surface area contributed by atoms with Crippen molar-refractivity contribution in [3.05, 3.63) is 29.8 Å². The summed E-state index contributed by atoms with van der Waals surface area (Å²) in [5.41, 5.74) is 0.0677. The lowest BCUT2D eigenvalue weighted by Crippen LogP contribution is -2.37. The van der Waals surface area contributed by atoms with Crippen LogP contribution in [0.15, 0.2) is 24.3 Å². The van der Waals surface area contributed by atoms with Crippen molar-refractivity contribution in [2.45, 2.75) is 51.2 Å². The van der Waals surface area contributed by atoms with Gasteiger partial charge in [0.1, 0.15) is 11.4 Å². The van der Waals surface area contributed by atoms with Crippen molar-refractivity contribution < 1.29 is 14.3 Å². The van der Waals surface area contributed by atoms with Gasteiger partial charge in [0.05, 0.1) is 6.10 Å². The molecular formula is C16H22O3. The molecule has 1 saturated carbocycles. The summed E-state index contributed by atoms with van der Waals surface area (Å²) < 4.78 is 11.2. The van der Waals surface area contributed by atoms with E-state index in [2.05, 4.69) is 0 Å². The molecule has 104 valence electrons. The largest absolute Gasteiger partial charge is 0.491 e. The van der Waals surface area contributed by atoms with E-state index in [0.717, 1.165) is 31.4 Å². The van der Waals surface area contributed by atoms with E-state index in [1.54, 1.807) is 7.11 Å². The zero-order valence-corrected chi connectivity index (χ0v) is 11.9. The Morgan fingerprint density at radius 3 is 2.53 bits per heavy atom. The van der Waals surface area contributed by atoms with Crippen LogP contribution >= 0.6 is 0 Å². The molecular weight excluding hydrogens is 240 g/mol. The van der Waals surface area contributed by atoms with Crippen LogP contribution in [0.1, 0.15) is 49.9 Å². The van der Waals surface area contributed by atoms with E-state index in [1.165, 1.54) is 0 Å². The molecule has 3 heteroatoms. The summed E-state index contributed by atoms with van der Waals surface area (Å²) in [7, 11) is 1.64. The molecule has 1 aromatic carbocycles. The number of Topliss-reactive ketones (excluding diaryl/α,β-unsaturated/α-hetero) is 1. The molecule has 0 unspecified atom stereocenters. The third-order valence-corrected chi connectivity index (χ3v) is 3.68. The highest BCUT2D eigenvalue weighted by Gasteiger charge is 2.41. The molecule has 0 aliphatic heterocycles. The van der Waals surface area contributed by atoms with Crippen LogP contribution in [0.3, 0.4) is 0 Å². The Kier molecular flexibility index (Phi) is 4.25. The number of ether oxygens (including phenoxy) is 2. The maximum Gasteiger partial charge on any atom is 0.194 e. The van der Waals surface area contributed by atoms with Gasteiger partial charge in [0.15, 0.2) is 5.78 Å². The average molecular weight is 262 g/mol. The van der Waals surface area contributed by atoms with Gasteiger partial charge in [0, 0.05) is 12.7 Å². The summed E-state index contributed by atoms with van der Waals surface area (Å²) in [6, 6.07) is 7.41. The van der Waals surface area contributed by atoms with Crippen LogP contribution < -0.4 is 4.74 Å². The smallest absolute Gasteiger partial charge is 0.194 e. The van der Waals surface area contributed by atoms with Crippen LogP contribution in [0.4, 0.5) is 0 Å². The first-order valence-corrected chi connectivity index (χ1v) is 6.94. The van der Waals surface area contributed by atoms with Crippen LogP contribution in [0.5, 0.6) is 5.75 Å². The molecule has 1 fully saturated rings. The third kappa shape index (κ3) is 2.98. The number of hydrogen-bond acceptors (Lipinski definition) is 3. The van der Waals surface area contributed by atoms with Crippen molar-refractivity contribution in [3.8, 4) is 5.75 Å². The molecule has 0 N–H and O–H groups in total. The molecule has 0 amide bonds. The highest BCUT2D eigenvalue weighted by Crippen LogP contribution is 2.36. The lowest BCUT2D eigenvalue weighted by Gasteiger charge is -2.25. The predicted octanol–water partition coefficient (Wildman–Crippen LogP) is 3.62. The van der Waals surface area contributed by atoms with E-state index < -0.39 is 5.60 Å². The second-order valence-electron chi connectivity index (χ2n) is 5.43. The second kappa shape index (κ2) is 5.74. The predicted molar refractivity (Wildman–Crippen MR) is 74.7 cm³/mol. The Labute approximate surface area is 114 Å². The fraction of sp³-hybridized carbons (Fsp3) is 0.562. The van der Waals surface area contributed by atoms with Gasteiger partial charge in [-0.25, -0.2) is 0 Å². The number of carbonyl (C=O) groups is 1. The Balaban J connectivity index is 2.23. The van der Waals surface area contributed by atoms with Crippen LogP contribution in [-0.2, 0) is 4.74 Å². The molecule has 1 aliphatic carbocycles. The number of benzene rings is 1. The molecule has 19 heavy (non-hydrogen) atoms. The summed E-state index contributed by atoms with van der Waals surface area (Å²) in [5, 5.41) is 0. The molecule has 1 aromatic rings. The third-order valence-electron chi connectivity index (χ3n) is 3.68. The highest BCUT2D eigenvalue weighted by molar-refractivity contribution is 6.03. The minimum atomic E-state index is -0.615. The van der Waals surface area contributed by atoms with Gasteiger partial charge in [-0.3, -0.25) is 4.79 Å². The van der Waals surface area contributed by atoms with Crippen molar-refractivity contribution in [1.29, 1.82) is 0 Å². The molecule has 0 aromatic heterocycles. The van der Waals surface area contributed by atoms with E-state index in [-0.39, 0.29) is 11.9 Å². The van der Waals surface area contributed by atoms with E-state index >= 15 is 0 Å². The van der Waals surface area contributed by atoms with Crippen molar-refractivity contribution >= 4 is 5.78 Å². The van der Waals surface area contributed by atoms with Crippen molar-refractivity contribution in [2.75, 3.05) is 7.11 Å². The molecule has 3 nitrogen and oxygen atoms in total. The SMILES string of the molecule is COC1(C(=O)c2cccc(OC(C)C)c2)CCCC1. The number of methoxy groups -OCH3 is 1. The fourth-order valence-corrected chi connectivity index (χ4v) is 2.72. The van der Waals surface area contributed by atoms with Crippen molar-refractivity contribution in [1.82, 2.24) is 0 Å². The maximum absolute atomic E-state index is 12.7. The number of hydrogen-bond donors (Lipinski definition) is 0. The minimum Gasteiger partial charge on any atom is -0.491 e. The molecule has 0 saturated heterocycles. The summed E-state index contributed by atoms with van der Waals surface area (Å²) in [6.45, 7) is 3.95. The number of rotatable bonds is 5. The van der Waals surface area contributed by atoms with Crippen molar-refractivity contribution in [3.63, 3.8) is 0 Å². The van der Waals surface area contributed by atoms with Crippen molar-refractivity contribution in [2.24, 2.45) is 0 Å². The second-order valence-corrected chi connectivity index (χ2v) is 5.43. The van der Waals surface area contributed by atoms with Gasteiger partial charge in [0.2, 0.25) is 0 Å². The normalized spacial score (nSPS) is 17.7. The molecule has 0 atom stereocenters. The first-order chi connectivity index (χ1) is 9.07. The Bertz CT molecular complexity index is 445.